The fourth-order valence-electron chi connectivity index (χ4n) is 3.30. The molecule has 0 radical (unpaired) electrons. The Labute approximate surface area is 135 Å². The SMILES string of the molecule is CCCCCCCCCCc1c(CN)ccc2ccccc12. The fourth-order valence-corrected chi connectivity index (χ4v) is 3.30. The van der Waals surface area contributed by atoms with Crippen molar-refractivity contribution < 1.29 is 0 Å². The molecule has 0 aliphatic heterocycles. The van der Waals surface area contributed by atoms with Crippen molar-refractivity contribution in [3.05, 3.63) is 47.5 Å². The number of hydrogen-bond acceptors (Lipinski definition) is 1. The molecule has 0 saturated carbocycles. The summed E-state index contributed by atoms with van der Waals surface area (Å²) in [6, 6.07) is 13.1. The van der Waals surface area contributed by atoms with Crippen LogP contribution in [-0.4, -0.2) is 0 Å². The highest BCUT2D eigenvalue weighted by atomic mass is 14.5. The van der Waals surface area contributed by atoms with Crippen LogP contribution in [0.1, 0.15) is 69.4 Å². The molecule has 0 spiro atoms. The summed E-state index contributed by atoms with van der Waals surface area (Å²) in [4.78, 5) is 0. The molecule has 0 aromatic heterocycles. The molecule has 0 fully saturated rings. The zero-order valence-corrected chi connectivity index (χ0v) is 14.1. The van der Waals surface area contributed by atoms with Gasteiger partial charge < -0.3 is 5.73 Å². The van der Waals surface area contributed by atoms with Gasteiger partial charge in [-0.3, -0.25) is 0 Å². The molecule has 2 N–H and O–H groups in total. The first-order valence-corrected chi connectivity index (χ1v) is 9.06. The highest BCUT2D eigenvalue weighted by molar-refractivity contribution is 5.86. The van der Waals surface area contributed by atoms with Crippen LogP contribution in [0.5, 0.6) is 0 Å². The molecular weight excluding hydrogens is 266 g/mol. The summed E-state index contributed by atoms with van der Waals surface area (Å²) in [5.41, 5.74) is 8.74. The van der Waals surface area contributed by atoms with Gasteiger partial charge in [-0.25, -0.2) is 0 Å². The molecule has 0 atom stereocenters. The second-order valence-electron chi connectivity index (χ2n) is 6.35. The monoisotopic (exact) mass is 297 g/mol. The molecule has 120 valence electrons. The Hall–Kier alpha value is -1.34. The van der Waals surface area contributed by atoms with Gasteiger partial charge in [-0.05, 0) is 34.7 Å². The maximum Gasteiger partial charge on any atom is 0.0181 e. The normalized spacial score (nSPS) is 11.2. The van der Waals surface area contributed by atoms with E-state index in [0.717, 1.165) is 0 Å². The second kappa shape index (κ2) is 9.63. The van der Waals surface area contributed by atoms with E-state index < -0.39 is 0 Å². The van der Waals surface area contributed by atoms with E-state index in [1.807, 2.05) is 0 Å². The first kappa shape index (κ1) is 17.0. The third kappa shape index (κ3) is 4.84. The van der Waals surface area contributed by atoms with Crippen molar-refractivity contribution in [2.75, 3.05) is 0 Å². The highest BCUT2D eigenvalue weighted by Crippen LogP contribution is 2.24. The number of rotatable bonds is 10. The van der Waals surface area contributed by atoms with Gasteiger partial charge in [0.15, 0.2) is 0 Å². The van der Waals surface area contributed by atoms with E-state index in [4.69, 9.17) is 5.73 Å². The Kier molecular flexibility index (Phi) is 7.45. The Morgan fingerprint density at radius 1 is 0.773 bits per heavy atom. The van der Waals surface area contributed by atoms with Crippen molar-refractivity contribution in [1.29, 1.82) is 0 Å². The van der Waals surface area contributed by atoms with Crippen molar-refractivity contribution in [2.24, 2.45) is 5.73 Å². The molecule has 0 bridgehead atoms. The second-order valence-corrected chi connectivity index (χ2v) is 6.35. The predicted octanol–water partition coefficient (Wildman–Crippen LogP) is 5.98. The highest BCUT2D eigenvalue weighted by Gasteiger charge is 2.06. The molecule has 1 nitrogen and oxygen atoms in total. The van der Waals surface area contributed by atoms with Crippen molar-refractivity contribution >= 4 is 10.8 Å². The molecule has 0 unspecified atom stereocenters. The molecule has 0 aliphatic carbocycles. The minimum absolute atomic E-state index is 0.650. The van der Waals surface area contributed by atoms with Gasteiger partial charge >= 0.3 is 0 Å². The van der Waals surface area contributed by atoms with Crippen molar-refractivity contribution in [2.45, 2.75) is 71.3 Å². The standard InChI is InChI=1S/C21H31N/c1-2-3-4-5-6-7-8-9-13-21-19(17-22)16-15-18-12-10-11-14-20(18)21/h10-12,14-16H,2-9,13,17,22H2,1H3. The maximum absolute atomic E-state index is 5.94. The average Bonchev–Trinajstić information content (AvgIpc) is 2.57. The van der Waals surface area contributed by atoms with E-state index in [9.17, 15) is 0 Å². The minimum atomic E-state index is 0.650. The van der Waals surface area contributed by atoms with E-state index in [1.54, 1.807) is 0 Å². The number of aryl methyl sites for hydroxylation is 1. The summed E-state index contributed by atoms with van der Waals surface area (Å²) in [5, 5.41) is 2.74. The van der Waals surface area contributed by atoms with E-state index in [1.165, 1.54) is 79.7 Å². The average molecular weight is 297 g/mol. The largest absolute Gasteiger partial charge is 0.326 e. The van der Waals surface area contributed by atoms with Crippen LogP contribution in [0, 0.1) is 0 Å². The summed E-state index contributed by atoms with van der Waals surface area (Å²) < 4.78 is 0. The van der Waals surface area contributed by atoms with Gasteiger partial charge in [0.2, 0.25) is 0 Å². The third-order valence-electron chi connectivity index (χ3n) is 4.64. The topological polar surface area (TPSA) is 26.0 Å². The van der Waals surface area contributed by atoms with Crippen molar-refractivity contribution in [3.8, 4) is 0 Å². The molecule has 2 rings (SSSR count). The van der Waals surface area contributed by atoms with E-state index in [2.05, 4.69) is 43.3 Å². The van der Waals surface area contributed by atoms with Gasteiger partial charge in [-0.1, -0.05) is 88.3 Å². The van der Waals surface area contributed by atoms with E-state index >= 15 is 0 Å². The first-order valence-electron chi connectivity index (χ1n) is 9.06. The van der Waals surface area contributed by atoms with Crippen LogP contribution >= 0.6 is 0 Å². The van der Waals surface area contributed by atoms with Gasteiger partial charge in [0, 0.05) is 6.54 Å². The van der Waals surface area contributed by atoms with Crippen LogP contribution in [0.3, 0.4) is 0 Å². The molecule has 0 heterocycles. The zero-order valence-electron chi connectivity index (χ0n) is 14.1. The molecule has 0 aliphatic rings. The van der Waals surface area contributed by atoms with Crippen LogP contribution in [0.15, 0.2) is 36.4 Å². The predicted molar refractivity (Wildman–Crippen MR) is 98.2 cm³/mol. The van der Waals surface area contributed by atoms with Gasteiger partial charge in [0.05, 0.1) is 0 Å². The lowest BCUT2D eigenvalue weighted by molar-refractivity contribution is 0.575. The number of unbranched alkanes of at least 4 members (excludes halogenated alkanes) is 7. The summed E-state index contributed by atoms with van der Waals surface area (Å²) in [6.45, 7) is 2.93. The van der Waals surface area contributed by atoms with Gasteiger partial charge in [-0.2, -0.15) is 0 Å². The molecule has 0 saturated heterocycles. The first-order chi connectivity index (χ1) is 10.9. The Morgan fingerprint density at radius 2 is 1.45 bits per heavy atom. The van der Waals surface area contributed by atoms with Gasteiger partial charge in [0.25, 0.3) is 0 Å². The van der Waals surface area contributed by atoms with Crippen LogP contribution in [0.2, 0.25) is 0 Å². The summed E-state index contributed by atoms with van der Waals surface area (Å²) >= 11 is 0. The smallest absolute Gasteiger partial charge is 0.0181 e. The van der Waals surface area contributed by atoms with E-state index in [0.29, 0.717) is 6.54 Å². The fraction of sp³-hybridized carbons (Fsp3) is 0.524. The van der Waals surface area contributed by atoms with Crippen LogP contribution < -0.4 is 5.73 Å². The van der Waals surface area contributed by atoms with E-state index in [-0.39, 0.29) is 0 Å². The summed E-state index contributed by atoms with van der Waals surface area (Å²) in [5.74, 6) is 0. The lowest BCUT2D eigenvalue weighted by atomic mass is 9.94. The number of benzene rings is 2. The summed E-state index contributed by atoms with van der Waals surface area (Å²) in [7, 11) is 0. The number of hydrogen-bond donors (Lipinski definition) is 1. The Bertz CT molecular complexity index is 559. The minimum Gasteiger partial charge on any atom is -0.326 e. The van der Waals surface area contributed by atoms with Gasteiger partial charge in [0.1, 0.15) is 0 Å². The zero-order chi connectivity index (χ0) is 15.6. The van der Waals surface area contributed by atoms with Gasteiger partial charge in [-0.15, -0.1) is 0 Å². The van der Waals surface area contributed by atoms with Crippen molar-refractivity contribution in [3.63, 3.8) is 0 Å². The van der Waals surface area contributed by atoms with Crippen LogP contribution in [0.4, 0.5) is 0 Å². The van der Waals surface area contributed by atoms with Crippen molar-refractivity contribution in [1.82, 2.24) is 0 Å². The van der Waals surface area contributed by atoms with Crippen LogP contribution in [0.25, 0.3) is 10.8 Å². The molecular formula is C21H31N. The number of fused-ring (bicyclic) bond motifs is 1. The molecule has 1 heteroatoms. The Balaban J connectivity index is 1.85. The molecule has 0 amide bonds. The maximum atomic E-state index is 5.94. The van der Waals surface area contributed by atoms with Crippen LogP contribution in [-0.2, 0) is 13.0 Å². The third-order valence-corrected chi connectivity index (χ3v) is 4.64. The number of nitrogens with two attached hydrogens (primary N) is 1. The lowest BCUT2D eigenvalue weighted by Gasteiger charge is -2.12. The lowest BCUT2D eigenvalue weighted by Crippen LogP contribution is -2.02. The molecule has 2 aromatic rings. The molecule has 22 heavy (non-hydrogen) atoms. The Morgan fingerprint density at radius 3 is 2.18 bits per heavy atom. The quantitative estimate of drug-likeness (QED) is 0.536. The molecule has 2 aromatic carbocycles. The summed E-state index contributed by atoms with van der Waals surface area (Å²) in [6.07, 6.45) is 12.1.